The van der Waals surface area contributed by atoms with Gasteiger partial charge in [-0.25, -0.2) is 4.79 Å². The van der Waals surface area contributed by atoms with E-state index in [0.717, 1.165) is 18.4 Å². The summed E-state index contributed by atoms with van der Waals surface area (Å²) in [4.78, 5) is 40.0. The number of likely N-dealkylation sites (N-methyl/N-ethyl adjacent to an activating group) is 1. The second kappa shape index (κ2) is 12.5. The largest absolute Gasteiger partial charge is 0.444 e. The van der Waals surface area contributed by atoms with E-state index in [1.165, 1.54) is 4.90 Å². The lowest BCUT2D eigenvalue weighted by Gasteiger charge is -2.32. The van der Waals surface area contributed by atoms with Crippen molar-refractivity contribution < 1.29 is 19.1 Å². The van der Waals surface area contributed by atoms with E-state index in [-0.39, 0.29) is 17.7 Å². The summed E-state index contributed by atoms with van der Waals surface area (Å²) in [6.45, 7) is 13.0. The molecule has 8 heteroatoms. The lowest BCUT2D eigenvalue weighted by Crippen LogP contribution is -2.53. The van der Waals surface area contributed by atoms with E-state index in [4.69, 9.17) is 4.74 Å². The lowest BCUT2D eigenvalue weighted by atomic mass is 10.0. The lowest BCUT2D eigenvalue weighted by molar-refractivity contribution is -0.140. The van der Waals surface area contributed by atoms with E-state index in [9.17, 15) is 14.4 Å². The molecule has 0 bridgehead atoms. The minimum absolute atomic E-state index is 0.0401. The maximum Gasteiger partial charge on any atom is 0.408 e. The zero-order chi connectivity index (χ0) is 24.5. The summed E-state index contributed by atoms with van der Waals surface area (Å²) in [6, 6.07) is 5.42. The van der Waals surface area contributed by atoms with Gasteiger partial charge in [0.05, 0.1) is 0 Å². The fraction of sp³-hybridized carbons (Fsp3) is 0.542. The van der Waals surface area contributed by atoms with Crippen LogP contribution in [0.4, 0.5) is 4.79 Å². The van der Waals surface area contributed by atoms with Crippen LogP contribution in [-0.2, 0) is 14.3 Å². The summed E-state index contributed by atoms with van der Waals surface area (Å²) < 4.78 is 5.26. The Morgan fingerprint density at radius 2 is 1.91 bits per heavy atom. The zero-order valence-corrected chi connectivity index (χ0v) is 20.9. The number of benzene rings is 1. The second-order valence-corrected chi connectivity index (χ2v) is 9.17. The van der Waals surface area contributed by atoms with Gasteiger partial charge in [0.15, 0.2) is 0 Å². The molecule has 1 aromatic rings. The molecule has 0 aliphatic rings. The molecular formula is C24H37N3O4S. The third-order valence-corrected chi connectivity index (χ3v) is 5.09. The van der Waals surface area contributed by atoms with Crippen molar-refractivity contribution in [3.63, 3.8) is 0 Å². The number of alkyl carbamates (subject to hydrolysis) is 1. The standard InChI is InChI=1S/C24H37N3O4S/c1-8-11-16(3)25-21(28)20(18-13-10-12-17(9-2)14-18)27(7)22(29)19(15-32)26-23(30)31-24(4,5)6/h9-10,12-14,16,19-20,32H,2,8,11,15H2,1,3-7H3,(H,25,28)(H,26,30). The van der Waals surface area contributed by atoms with Gasteiger partial charge in [-0.3, -0.25) is 9.59 Å². The first-order chi connectivity index (χ1) is 14.9. The summed E-state index contributed by atoms with van der Waals surface area (Å²) in [5, 5.41) is 5.55. The molecule has 0 aliphatic carbocycles. The van der Waals surface area contributed by atoms with Crippen molar-refractivity contribution in [2.24, 2.45) is 0 Å². The van der Waals surface area contributed by atoms with Gasteiger partial charge >= 0.3 is 6.09 Å². The van der Waals surface area contributed by atoms with Crippen LogP contribution in [0.25, 0.3) is 6.08 Å². The Bertz CT molecular complexity index is 807. The van der Waals surface area contributed by atoms with E-state index in [1.807, 2.05) is 32.0 Å². The van der Waals surface area contributed by atoms with Crippen LogP contribution in [0.15, 0.2) is 30.8 Å². The molecule has 3 amide bonds. The fourth-order valence-electron chi connectivity index (χ4n) is 3.24. The van der Waals surface area contributed by atoms with Gasteiger partial charge in [0.2, 0.25) is 11.8 Å². The number of thiol groups is 1. The van der Waals surface area contributed by atoms with Crippen LogP contribution < -0.4 is 10.6 Å². The van der Waals surface area contributed by atoms with Crippen molar-refractivity contribution in [3.8, 4) is 0 Å². The molecular weight excluding hydrogens is 426 g/mol. The third kappa shape index (κ3) is 8.57. The van der Waals surface area contributed by atoms with Crippen molar-refractivity contribution in [3.05, 3.63) is 42.0 Å². The van der Waals surface area contributed by atoms with Crippen molar-refractivity contribution >= 4 is 36.6 Å². The average molecular weight is 464 g/mol. The number of amides is 3. The number of carbonyl (C=O) groups excluding carboxylic acids is 3. The maximum absolute atomic E-state index is 13.3. The smallest absolute Gasteiger partial charge is 0.408 e. The molecule has 0 fully saturated rings. The zero-order valence-electron chi connectivity index (χ0n) is 20.0. The van der Waals surface area contributed by atoms with Gasteiger partial charge in [-0.15, -0.1) is 0 Å². The number of rotatable bonds is 10. The molecule has 0 aliphatic heterocycles. The van der Waals surface area contributed by atoms with Crippen LogP contribution in [0.5, 0.6) is 0 Å². The van der Waals surface area contributed by atoms with Crippen LogP contribution >= 0.6 is 12.6 Å². The predicted octanol–water partition coefficient (Wildman–Crippen LogP) is 3.96. The molecule has 3 unspecified atom stereocenters. The quantitative estimate of drug-likeness (QED) is 0.459. The maximum atomic E-state index is 13.3. The summed E-state index contributed by atoms with van der Waals surface area (Å²) in [7, 11) is 1.55. The Kier molecular flexibility index (Phi) is 10.8. The Morgan fingerprint density at radius 1 is 1.25 bits per heavy atom. The van der Waals surface area contributed by atoms with E-state index >= 15 is 0 Å². The Morgan fingerprint density at radius 3 is 2.44 bits per heavy atom. The van der Waals surface area contributed by atoms with Crippen LogP contribution in [0, 0.1) is 0 Å². The number of ether oxygens (including phenoxy) is 1. The molecule has 0 radical (unpaired) electrons. The number of hydrogen-bond acceptors (Lipinski definition) is 5. The first kappa shape index (κ1) is 27.6. The highest BCUT2D eigenvalue weighted by Crippen LogP contribution is 2.23. The van der Waals surface area contributed by atoms with E-state index in [2.05, 4.69) is 29.8 Å². The highest BCUT2D eigenvalue weighted by atomic mass is 32.1. The van der Waals surface area contributed by atoms with Gasteiger partial charge < -0.3 is 20.3 Å². The topological polar surface area (TPSA) is 87.7 Å². The summed E-state index contributed by atoms with van der Waals surface area (Å²) in [5.74, 6) is -0.688. The summed E-state index contributed by atoms with van der Waals surface area (Å²) >= 11 is 4.23. The van der Waals surface area contributed by atoms with Gasteiger partial charge in [0.25, 0.3) is 0 Å². The van der Waals surface area contributed by atoms with E-state index in [0.29, 0.717) is 5.56 Å². The highest BCUT2D eigenvalue weighted by Gasteiger charge is 2.34. The van der Waals surface area contributed by atoms with Crippen molar-refractivity contribution in [1.29, 1.82) is 0 Å². The number of nitrogens with one attached hydrogen (secondary N) is 2. The minimum Gasteiger partial charge on any atom is -0.444 e. The molecule has 0 saturated heterocycles. The fourth-order valence-corrected chi connectivity index (χ4v) is 3.49. The molecule has 1 rings (SSSR count). The molecule has 0 aromatic heterocycles. The Labute approximate surface area is 197 Å². The van der Waals surface area contributed by atoms with Gasteiger partial charge in [0, 0.05) is 18.8 Å². The van der Waals surface area contributed by atoms with E-state index in [1.54, 1.807) is 40.0 Å². The van der Waals surface area contributed by atoms with Gasteiger partial charge in [-0.2, -0.15) is 12.6 Å². The van der Waals surface area contributed by atoms with Crippen LogP contribution in [0.1, 0.15) is 64.6 Å². The van der Waals surface area contributed by atoms with E-state index < -0.39 is 29.7 Å². The molecule has 1 aromatic carbocycles. The second-order valence-electron chi connectivity index (χ2n) is 8.81. The van der Waals surface area contributed by atoms with Gasteiger partial charge in [-0.05, 0) is 51.3 Å². The van der Waals surface area contributed by atoms with Crippen LogP contribution in [0.3, 0.4) is 0 Å². The van der Waals surface area contributed by atoms with Crippen LogP contribution in [0.2, 0.25) is 0 Å². The molecule has 2 N–H and O–H groups in total. The molecule has 178 valence electrons. The molecule has 0 saturated carbocycles. The summed E-state index contributed by atoms with van der Waals surface area (Å²) in [6.07, 6.45) is 2.71. The predicted molar refractivity (Wildman–Crippen MR) is 132 cm³/mol. The van der Waals surface area contributed by atoms with Crippen molar-refractivity contribution in [2.75, 3.05) is 12.8 Å². The average Bonchev–Trinajstić information content (AvgIpc) is 2.70. The first-order valence-electron chi connectivity index (χ1n) is 10.8. The number of hydrogen-bond donors (Lipinski definition) is 3. The number of carbonyl (C=O) groups is 3. The van der Waals surface area contributed by atoms with Crippen molar-refractivity contribution in [2.45, 2.75) is 71.2 Å². The van der Waals surface area contributed by atoms with Gasteiger partial charge in [0.1, 0.15) is 17.7 Å². The molecule has 3 atom stereocenters. The molecule has 7 nitrogen and oxygen atoms in total. The Hall–Kier alpha value is -2.48. The highest BCUT2D eigenvalue weighted by molar-refractivity contribution is 7.80. The monoisotopic (exact) mass is 463 g/mol. The van der Waals surface area contributed by atoms with Crippen molar-refractivity contribution in [1.82, 2.24) is 15.5 Å². The summed E-state index contributed by atoms with van der Waals surface area (Å²) in [5.41, 5.74) is 0.776. The SMILES string of the molecule is C=Cc1cccc(C(C(=O)NC(C)CCC)N(C)C(=O)C(CS)NC(=O)OC(C)(C)C)c1. The normalized spacial score (nSPS) is 14.0. The van der Waals surface area contributed by atoms with Gasteiger partial charge in [-0.1, -0.05) is 44.2 Å². The minimum atomic E-state index is -0.955. The molecule has 0 spiro atoms. The third-order valence-electron chi connectivity index (χ3n) is 4.73. The molecule has 32 heavy (non-hydrogen) atoms. The number of nitrogens with zero attached hydrogens (tertiary/aromatic N) is 1. The Balaban J connectivity index is 3.20. The van der Waals surface area contributed by atoms with Crippen LogP contribution in [-0.4, -0.2) is 53.3 Å². The first-order valence-corrected chi connectivity index (χ1v) is 11.5. The molecule has 0 heterocycles.